The molecule has 0 aliphatic rings. The number of anilines is 1. The number of amides is 2. The van der Waals surface area contributed by atoms with Gasteiger partial charge in [-0.1, -0.05) is 12.1 Å². The predicted octanol–water partition coefficient (Wildman–Crippen LogP) is 2.13. The van der Waals surface area contributed by atoms with Crippen molar-refractivity contribution >= 4 is 11.7 Å². The van der Waals surface area contributed by atoms with E-state index in [1.165, 1.54) is 0 Å². The third-order valence-corrected chi connectivity index (χ3v) is 2.93. The Morgan fingerprint density at radius 3 is 2.81 bits per heavy atom. The van der Waals surface area contributed by atoms with Crippen molar-refractivity contribution in [3.8, 4) is 0 Å². The van der Waals surface area contributed by atoms with Gasteiger partial charge in [0.25, 0.3) is 0 Å². The molecule has 1 heterocycles. The lowest BCUT2D eigenvalue weighted by atomic mass is 10.1. The largest absolute Gasteiger partial charge is 0.332 e. The van der Waals surface area contributed by atoms with Gasteiger partial charge in [0.1, 0.15) is 0 Å². The van der Waals surface area contributed by atoms with E-state index in [0.717, 1.165) is 11.3 Å². The molecule has 1 atom stereocenters. The Kier molecular flexibility index (Phi) is 4.84. The number of carbonyl (C=O) groups excluding carboxylic acids is 1. The molecule has 2 aromatic rings. The van der Waals surface area contributed by atoms with Gasteiger partial charge in [0.15, 0.2) is 0 Å². The Bertz CT molecular complexity index is 610. The van der Waals surface area contributed by atoms with E-state index >= 15 is 0 Å². The number of nitrogens with one attached hydrogen (secondary N) is 2. The van der Waals surface area contributed by atoms with Crippen molar-refractivity contribution in [1.82, 2.24) is 15.3 Å². The van der Waals surface area contributed by atoms with Crippen LogP contribution >= 0.6 is 0 Å². The average molecular weight is 285 g/mol. The van der Waals surface area contributed by atoms with Crippen LogP contribution in [-0.4, -0.2) is 16.0 Å². The minimum Gasteiger partial charge on any atom is -0.332 e. The predicted molar refractivity (Wildman–Crippen MR) is 81.7 cm³/mol. The highest BCUT2D eigenvalue weighted by Crippen LogP contribution is 2.15. The lowest BCUT2D eigenvalue weighted by Crippen LogP contribution is -2.28. The van der Waals surface area contributed by atoms with E-state index in [-0.39, 0.29) is 12.1 Å². The first-order valence-corrected chi connectivity index (χ1v) is 6.72. The molecule has 1 unspecified atom stereocenters. The van der Waals surface area contributed by atoms with Crippen molar-refractivity contribution in [1.29, 1.82) is 0 Å². The van der Waals surface area contributed by atoms with Crippen molar-refractivity contribution in [2.24, 2.45) is 5.73 Å². The first kappa shape index (κ1) is 14.9. The van der Waals surface area contributed by atoms with Crippen molar-refractivity contribution in [2.45, 2.75) is 26.4 Å². The van der Waals surface area contributed by atoms with Gasteiger partial charge in [-0.3, -0.25) is 9.97 Å². The molecule has 4 N–H and O–H groups in total. The summed E-state index contributed by atoms with van der Waals surface area (Å²) in [4.78, 5) is 20.1. The number of rotatable bonds is 4. The fourth-order valence-corrected chi connectivity index (χ4v) is 1.76. The number of nitrogens with two attached hydrogens (primary N) is 1. The summed E-state index contributed by atoms with van der Waals surface area (Å²) in [6, 6.07) is 7.10. The number of nitrogens with zero attached hydrogens (tertiary/aromatic N) is 2. The van der Waals surface area contributed by atoms with Gasteiger partial charge < -0.3 is 16.4 Å². The third-order valence-electron chi connectivity index (χ3n) is 2.93. The summed E-state index contributed by atoms with van der Waals surface area (Å²) in [7, 11) is 0. The molecule has 0 fully saturated rings. The van der Waals surface area contributed by atoms with Gasteiger partial charge in [0.05, 0.1) is 24.1 Å². The third kappa shape index (κ3) is 4.54. The monoisotopic (exact) mass is 285 g/mol. The molecule has 2 amide bonds. The molecule has 0 saturated carbocycles. The van der Waals surface area contributed by atoms with Crippen LogP contribution in [0.2, 0.25) is 0 Å². The van der Waals surface area contributed by atoms with Gasteiger partial charge in [0, 0.05) is 17.9 Å². The molecular formula is C15H19N5O. The Hall–Kier alpha value is -2.47. The molecule has 0 saturated heterocycles. The van der Waals surface area contributed by atoms with Gasteiger partial charge in [0.2, 0.25) is 0 Å². The van der Waals surface area contributed by atoms with E-state index in [1.54, 1.807) is 12.4 Å². The SMILES string of the molecule is Cc1cnc(CNC(=O)Nc2cccc(C(C)N)c2)cn1. The molecule has 0 aliphatic heterocycles. The molecular weight excluding hydrogens is 266 g/mol. The van der Waals surface area contributed by atoms with Crippen LogP contribution in [0.25, 0.3) is 0 Å². The zero-order valence-electron chi connectivity index (χ0n) is 12.1. The van der Waals surface area contributed by atoms with Gasteiger partial charge in [-0.05, 0) is 31.5 Å². The quantitative estimate of drug-likeness (QED) is 0.802. The Balaban J connectivity index is 1.89. The average Bonchev–Trinajstić information content (AvgIpc) is 2.47. The molecule has 0 bridgehead atoms. The molecule has 0 spiro atoms. The van der Waals surface area contributed by atoms with Crippen LogP contribution in [-0.2, 0) is 6.54 Å². The fraction of sp³-hybridized carbons (Fsp3) is 0.267. The first-order valence-electron chi connectivity index (χ1n) is 6.72. The Morgan fingerprint density at radius 2 is 2.14 bits per heavy atom. The molecule has 1 aromatic carbocycles. The summed E-state index contributed by atoms with van der Waals surface area (Å²) in [5, 5.41) is 5.50. The second kappa shape index (κ2) is 6.81. The van der Waals surface area contributed by atoms with Crippen LogP contribution in [0.4, 0.5) is 10.5 Å². The van der Waals surface area contributed by atoms with E-state index in [9.17, 15) is 4.79 Å². The number of carbonyl (C=O) groups is 1. The highest BCUT2D eigenvalue weighted by molar-refractivity contribution is 5.89. The molecule has 1 aromatic heterocycles. The van der Waals surface area contributed by atoms with E-state index < -0.39 is 0 Å². The second-order valence-corrected chi connectivity index (χ2v) is 4.87. The number of aromatic nitrogens is 2. The van der Waals surface area contributed by atoms with Crippen LogP contribution < -0.4 is 16.4 Å². The number of benzene rings is 1. The molecule has 2 rings (SSSR count). The maximum Gasteiger partial charge on any atom is 0.319 e. The molecule has 6 heteroatoms. The highest BCUT2D eigenvalue weighted by atomic mass is 16.2. The maximum absolute atomic E-state index is 11.8. The van der Waals surface area contributed by atoms with E-state index in [1.807, 2.05) is 38.1 Å². The van der Waals surface area contributed by atoms with Crippen LogP contribution in [0.3, 0.4) is 0 Å². The Morgan fingerprint density at radius 1 is 1.33 bits per heavy atom. The van der Waals surface area contributed by atoms with Gasteiger partial charge in [-0.25, -0.2) is 4.79 Å². The lowest BCUT2D eigenvalue weighted by molar-refractivity contribution is 0.251. The number of hydrogen-bond donors (Lipinski definition) is 3. The molecule has 0 aliphatic carbocycles. The summed E-state index contributed by atoms with van der Waals surface area (Å²) in [6.45, 7) is 4.09. The van der Waals surface area contributed by atoms with Crippen molar-refractivity contribution in [3.63, 3.8) is 0 Å². The second-order valence-electron chi connectivity index (χ2n) is 4.87. The van der Waals surface area contributed by atoms with Crippen molar-refractivity contribution in [2.75, 3.05) is 5.32 Å². The van der Waals surface area contributed by atoms with Gasteiger partial charge in [-0.2, -0.15) is 0 Å². The number of urea groups is 1. The van der Waals surface area contributed by atoms with Crippen LogP contribution in [0.1, 0.15) is 29.9 Å². The zero-order valence-corrected chi connectivity index (χ0v) is 12.1. The summed E-state index contributed by atoms with van der Waals surface area (Å²) < 4.78 is 0. The van der Waals surface area contributed by atoms with Gasteiger partial charge in [-0.15, -0.1) is 0 Å². The summed E-state index contributed by atoms with van der Waals surface area (Å²) in [6.07, 6.45) is 3.31. The minimum atomic E-state index is -0.292. The smallest absolute Gasteiger partial charge is 0.319 e. The summed E-state index contributed by atoms with van der Waals surface area (Å²) in [5.74, 6) is 0. The highest BCUT2D eigenvalue weighted by Gasteiger charge is 2.05. The van der Waals surface area contributed by atoms with Crippen molar-refractivity contribution in [3.05, 3.63) is 53.6 Å². The minimum absolute atomic E-state index is 0.0716. The normalized spacial score (nSPS) is 11.8. The van der Waals surface area contributed by atoms with Crippen LogP contribution in [0.5, 0.6) is 0 Å². The maximum atomic E-state index is 11.8. The van der Waals surface area contributed by atoms with Crippen molar-refractivity contribution < 1.29 is 4.79 Å². The topological polar surface area (TPSA) is 92.9 Å². The van der Waals surface area contributed by atoms with Crippen LogP contribution in [0, 0.1) is 6.92 Å². The fourth-order valence-electron chi connectivity index (χ4n) is 1.76. The number of hydrogen-bond acceptors (Lipinski definition) is 4. The molecule has 110 valence electrons. The zero-order chi connectivity index (χ0) is 15.2. The standard InChI is InChI=1S/C15H19N5O/c1-10-7-18-14(8-17-10)9-19-15(21)20-13-5-3-4-12(6-13)11(2)16/h3-8,11H,9,16H2,1-2H3,(H2,19,20,21). The van der Waals surface area contributed by atoms with E-state index in [2.05, 4.69) is 20.6 Å². The van der Waals surface area contributed by atoms with Crippen LogP contribution in [0.15, 0.2) is 36.7 Å². The molecule has 6 nitrogen and oxygen atoms in total. The summed E-state index contributed by atoms with van der Waals surface area (Å²) in [5.41, 5.74) is 9.04. The molecule has 21 heavy (non-hydrogen) atoms. The summed E-state index contributed by atoms with van der Waals surface area (Å²) >= 11 is 0. The lowest BCUT2D eigenvalue weighted by Gasteiger charge is -2.10. The van der Waals surface area contributed by atoms with E-state index in [4.69, 9.17) is 5.73 Å². The van der Waals surface area contributed by atoms with Gasteiger partial charge >= 0.3 is 6.03 Å². The first-order chi connectivity index (χ1) is 10.0. The van der Waals surface area contributed by atoms with E-state index in [0.29, 0.717) is 17.9 Å². The Labute approximate surface area is 123 Å². The molecule has 0 radical (unpaired) electrons. The number of aryl methyl sites for hydroxylation is 1.